The molecule has 15 heavy (non-hydrogen) atoms. The van der Waals surface area contributed by atoms with Crippen molar-refractivity contribution in [2.75, 3.05) is 5.73 Å². The molecule has 0 fully saturated rings. The van der Waals surface area contributed by atoms with Crippen molar-refractivity contribution in [3.05, 3.63) is 6.33 Å². The minimum absolute atomic E-state index is 0.104. The molecule has 0 aliphatic heterocycles. The summed E-state index contributed by atoms with van der Waals surface area (Å²) in [6.07, 6.45) is 1.45. The van der Waals surface area contributed by atoms with Crippen LogP contribution < -0.4 is 11.1 Å². The first-order valence-electron chi connectivity index (χ1n) is 4.78. The SMILES string of the molecule is CC(C(=O)NC(C)(C)C)n1cnc(N)n1. The first kappa shape index (κ1) is 11.5. The zero-order valence-electron chi connectivity index (χ0n) is 9.48. The number of carbonyl (C=O) groups excluding carboxylic acids is 1. The largest absolute Gasteiger partial charge is 0.367 e. The van der Waals surface area contributed by atoms with Crippen LogP contribution in [-0.4, -0.2) is 26.2 Å². The Hall–Kier alpha value is -1.59. The van der Waals surface area contributed by atoms with Gasteiger partial charge in [0, 0.05) is 5.54 Å². The van der Waals surface area contributed by atoms with Crippen molar-refractivity contribution in [1.29, 1.82) is 0 Å². The second kappa shape index (κ2) is 3.88. The zero-order chi connectivity index (χ0) is 11.6. The summed E-state index contributed by atoms with van der Waals surface area (Å²) in [7, 11) is 0. The molecule has 0 aliphatic rings. The van der Waals surface area contributed by atoms with E-state index < -0.39 is 6.04 Å². The maximum Gasteiger partial charge on any atom is 0.245 e. The normalized spacial score (nSPS) is 13.6. The molecule has 3 N–H and O–H groups in total. The minimum atomic E-state index is -0.408. The summed E-state index contributed by atoms with van der Waals surface area (Å²) < 4.78 is 1.44. The third kappa shape index (κ3) is 3.23. The van der Waals surface area contributed by atoms with Gasteiger partial charge in [-0.15, -0.1) is 5.10 Å². The predicted molar refractivity (Wildman–Crippen MR) is 57.0 cm³/mol. The number of hydrogen-bond donors (Lipinski definition) is 2. The third-order valence-electron chi connectivity index (χ3n) is 1.80. The second-order valence-electron chi connectivity index (χ2n) is 4.50. The fraction of sp³-hybridized carbons (Fsp3) is 0.667. The van der Waals surface area contributed by atoms with Gasteiger partial charge >= 0.3 is 0 Å². The number of nitrogens with zero attached hydrogens (tertiary/aromatic N) is 3. The molecule has 84 valence electrons. The molecule has 1 atom stereocenters. The highest BCUT2D eigenvalue weighted by atomic mass is 16.2. The van der Waals surface area contributed by atoms with E-state index in [9.17, 15) is 4.79 Å². The van der Waals surface area contributed by atoms with Gasteiger partial charge in [0.1, 0.15) is 12.4 Å². The second-order valence-corrected chi connectivity index (χ2v) is 4.50. The lowest BCUT2D eigenvalue weighted by molar-refractivity contribution is -0.125. The summed E-state index contributed by atoms with van der Waals surface area (Å²) in [6, 6.07) is -0.408. The van der Waals surface area contributed by atoms with E-state index in [-0.39, 0.29) is 17.4 Å². The van der Waals surface area contributed by atoms with Crippen LogP contribution in [0.5, 0.6) is 0 Å². The van der Waals surface area contributed by atoms with Crippen LogP contribution >= 0.6 is 0 Å². The molecule has 1 amide bonds. The smallest absolute Gasteiger partial charge is 0.245 e. The van der Waals surface area contributed by atoms with Gasteiger partial charge in [0.2, 0.25) is 11.9 Å². The van der Waals surface area contributed by atoms with E-state index >= 15 is 0 Å². The van der Waals surface area contributed by atoms with Crippen LogP contribution in [0.2, 0.25) is 0 Å². The molecule has 0 saturated heterocycles. The molecule has 0 radical (unpaired) electrons. The van der Waals surface area contributed by atoms with Crippen LogP contribution in [-0.2, 0) is 4.79 Å². The average Bonchev–Trinajstić information content (AvgIpc) is 2.47. The van der Waals surface area contributed by atoms with Crippen molar-refractivity contribution in [3.8, 4) is 0 Å². The summed E-state index contributed by atoms with van der Waals surface area (Å²) >= 11 is 0. The van der Waals surface area contributed by atoms with Crippen molar-refractivity contribution in [2.24, 2.45) is 0 Å². The monoisotopic (exact) mass is 211 g/mol. The van der Waals surface area contributed by atoms with E-state index in [4.69, 9.17) is 5.73 Å². The van der Waals surface area contributed by atoms with E-state index in [2.05, 4.69) is 15.4 Å². The fourth-order valence-electron chi connectivity index (χ4n) is 1.07. The number of hydrogen-bond acceptors (Lipinski definition) is 4. The topological polar surface area (TPSA) is 85.8 Å². The van der Waals surface area contributed by atoms with E-state index in [1.807, 2.05) is 20.8 Å². The van der Waals surface area contributed by atoms with Gasteiger partial charge in [-0.1, -0.05) is 0 Å². The van der Waals surface area contributed by atoms with Gasteiger partial charge in [-0.25, -0.2) is 9.67 Å². The quantitative estimate of drug-likeness (QED) is 0.738. The molecule has 0 bridgehead atoms. The van der Waals surface area contributed by atoms with Gasteiger partial charge in [-0.2, -0.15) is 0 Å². The van der Waals surface area contributed by atoms with Gasteiger partial charge in [0.25, 0.3) is 0 Å². The standard InChI is InChI=1S/C9H17N5O/c1-6(7(15)12-9(2,3)4)14-5-11-8(10)13-14/h5-6H,1-4H3,(H2,10,13)(H,12,15). The van der Waals surface area contributed by atoms with E-state index in [0.29, 0.717) is 0 Å². The molecule has 0 aromatic carbocycles. The third-order valence-corrected chi connectivity index (χ3v) is 1.80. The average molecular weight is 211 g/mol. The van der Waals surface area contributed by atoms with Crippen molar-refractivity contribution in [3.63, 3.8) is 0 Å². The molecule has 1 heterocycles. The molecule has 1 rings (SSSR count). The lowest BCUT2D eigenvalue weighted by Gasteiger charge is -2.23. The molecule has 1 aromatic heterocycles. The van der Waals surface area contributed by atoms with Crippen LogP contribution in [0.1, 0.15) is 33.7 Å². The van der Waals surface area contributed by atoms with Crippen LogP contribution in [0.3, 0.4) is 0 Å². The van der Waals surface area contributed by atoms with Gasteiger partial charge < -0.3 is 11.1 Å². The van der Waals surface area contributed by atoms with Gasteiger partial charge in [0.05, 0.1) is 0 Å². The Morgan fingerprint density at radius 2 is 2.20 bits per heavy atom. The first-order chi connectivity index (χ1) is 6.79. The van der Waals surface area contributed by atoms with Crippen LogP contribution in [0, 0.1) is 0 Å². The van der Waals surface area contributed by atoms with Crippen molar-refractivity contribution in [1.82, 2.24) is 20.1 Å². The predicted octanol–water partition coefficient (Wildman–Crippen LogP) is 0.336. The number of aromatic nitrogens is 3. The van der Waals surface area contributed by atoms with Gasteiger partial charge in [0.15, 0.2) is 0 Å². The Bertz CT molecular complexity index is 352. The summed E-state index contributed by atoms with van der Waals surface area (Å²) in [4.78, 5) is 15.5. The molecule has 1 aromatic rings. The minimum Gasteiger partial charge on any atom is -0.367 e. The van der Waals surface area contributed by atoms with Crippen LogP contribution in [0.4, 0.5) is 5.95 Å². The Kier molecular flexibility index (Phi) is 2.97. The Labute approximate surface area is 88.9 Å². The lowest BCUT2D eigenvalue weighted by atomic mass is 10.1. The number of nitrogen functional groups attached to an aromatic ring is 1. The number of nitrogens with one attached hydrogen (secondary N) is 1. The maximum absolute atomic E-state index is 11.7. The molecule has 6 heteroatoms. The summed E-state index contributed by atoms with van der Waals surface area (Å²) in [5.74, 6) is 0.0674. The molecular weight excluding hydrogens is 194 g/mol. The van der Waals surface area contributed by atoms with Crippen molar-refractivity contribution < 1.29 is 4.79 Å². The van der Waals surface area contributed by atoms with E-state index in [1.54, 1.807) is 6.92 Å². The van der Waals surface area contributed by atoms with E-state index in [0.717, 1.165) is 0 Å². The highest BCUT2D eigenvalue weighted by molar-refractivity contribution is 5.80. The molecule has 6 nitrogen and oxygen atoms in total. The first-order valence-corrected chi connectivity index (χ1v) is 4.78. The van der Waals surface area contributed by atoms with Crippen molar-refractivity contribution >= 4 is 11.9 Å². The Morgan fingerprint density at radius 3 is 2.60 bits per heavy atom. The van der Waals surface area contributed by atoms with E-state index in [1.165, 1.54) is 11.0 Å². The summed E-state index contributed by atoms with van der Waals surface area (Å²) in [5, 5.41) is 6.74. The number of nitrogens with two attached hydrogens (primary N) is 1. The fourth-order valence-corrected chi connectivity index (χ4v) is 1.07. The zero-order valence-corrected chi connectivity index (χ0v) is 9.48. The Balaban J connectivity index is 2.69. The van der Waals surface area contributed by atoms with Gasteiger partial charge in [-0.05, 0) is 27.7 Å². The molecule has 0 saturated carbocycles. The molecule has 0 spiro atoms. The molecular formula is C9H17N5O. The number of amides is 1. The lowest BCUT2D eigenvalue weighted by Crippen LogP contribution is -2.43. The van der Waals surface area contributed by atoms with Gasteiger partial charge in [-0.3, -0.25) is 4.79 Å². The van der Waals surface area contributed by atoms with Crippen molar-refractivity contribution in [2.45, 2.75) is 39.3 Å². The number of rotatable bonds is 2. The highest BCUT2D eigenvalue weighted by Crippen LogP contribution is 2.07. The van der Waals surface area contributed by atoms with Crippen LogP contribution in [0.25, 0.3) is 0 Å². The summed E-state index contributed by atoms with van der Waals surface area (Å²) in [6.45, 7) is 7.52. The number of carbonyl (C=O) groups is 1. The highest BCUT2D eigenvalue weighted by Gasteiger charge is 2.21. The Morgan fingerprint density at radius 1 is 1.60 bits per heavy atom. The maximum atomic E-state index is 11.7. The van der Waals surface area contributed by atoms with Crippen LogP contribution in [0.15, 0.2) is 6.33 Å². The molecule has 0 aliphatic carbocycles. The number of anilines is 1. The summed E-state index contributed by atoms with van der Waals surface area (Å²) in [5.41, 5.74) is 5.12. The molecule has 1 unspecified atom stereocenters.